The van der Waals surface area contributed by atoms with Gasteiger partial charge in [-0.1, -0.05) is 62.4 Å². The molecule has 2 aromatic carbocycles. The van der Waals surface area contributed by atoms with E-state index in [1.54, 1.807) is 0 Å². The first-order valence-electron chi connectivity index (χ1n) is 10.7. The molecule has 0 saturated heterocycles. The molecule has 2 aromatic rings. The summed E-state index contributed by atoms with van der Waals surface area (Å²) >= 11 is 0. The Labute approximate surface area is 178 Å². The quantitative estimate of drug-likeness (QED) is 0.653. The number of carbonyl (C=O) groups excluding carboxylic acids is 2. The zero-order chi connectivity index (χ0) is 21.4. The molecule has 1 aliphatic carbocycles. The molecule has 2 aliphatic rings. The molecule has 4 rings (SSSR count). The number of ether oxygens (including phenoxy) is 1. The van der Waals surface area contributed by atoms with Crippen LogP contribution < -0.4 is 4.74 Å². The van der Waals surface area contributed by atoms with Crippen LogP contribution in [0.25, 0.3) is 0 Å². The molecular weight excluding hydrogens is 374 g/mol. The molecule has 1 fully saturated rings. The van der Waals surface area contributed by atoms with Gasteiger partial charge in [-0.15, -0.1) is 0 Å². The van der Waals surface area contributed by atoms with Crippen molar-refractivity contribution in [3.8, 4) is 5.75 Å². The van der Waals surface area contributed by atoms with Gasteiger partial charge >= 0.3 is 0 Å². The van der Waals surface area contributed by atoms with Crippen LogP contribution in [0.4, 0.5) is 0 Å². The fourth-order valence-corrected chi connectivity index (χ4v) is 5.07. The second-order valence-corrected chi connectivity index (χ2v) is 8.99. The molecule has 0 radical (unpaired) electrons. The molecule has 0 spiro atoms. The van der Waals surface area contributed by atoms with E-state index in [-0.39, 0.29) is 11.8 Å². The Morgan fingerprint density at radius 2 is 1.50 bits per heavy atom. The highest BCUT2D eigenvalue weighted by Gasteiger charge is 2.62. The van der Waals surface area contributed by atoms with Gasteiger partial charge in [-0.2, -0.15) is 0 Å². The zero-order valence-corrected chi connectivity index (χ0v) is 17.9. The average Bonchev–Trinajstić information content (AvgIpc) is 3.09. The lowest BCUT2D eigenvalue weighted by Crippen LogP contribution is -2.69. The van der Waals surface area contributed by atoms with Crippen LogP contribution in [0.1, 0.15) is 45.6 Å². The largest absolute Gasteiger partial charge is 0.466 e. The Morgan fingerprint density at radius 1 is 0.933 bits per heavy atom. The van der Waals surface area contributed by atoms with E-state index in [1.807, 2.05) is 48.5 Å². The highest BCUT2D eigenvalue weighted by atomic mass is 16.5. The minimum Gasteiger partial charge on any atom is -0.466 e. The summed E-state index contributed by atoms with van der Waals surface area (Å²) in [6.07, 6.45) is 5.17. The molecule has 1 aliphatic heterocycles. The fraction of sp³-hybridized carbons (Fsp3) is 0.385. The third-order valence-electron chi connectivity index (χ3n) is 6.97. The molecule has 4 nitrogen and oxygen atoms in total. The molecule has 1 heterocycles. The maximum absolute atomic E-state index is 13.0. The second-order valence-electron chi connectivity index (χ2n) is 8.99. The summed E-state index contributed by atoms with van der Waals surface area (Å²) in [5, 5.41) is 0. The van der Waals surface area contributed by atoms with Crippen LogP contribution in [0.5, 0.6) is 5.75 Å². The number of rotatable bonds is 5. The van der Waals surface area contributed by atoms with Gasteiger partial charge in [-0.05, 0) is 49.3 Å². The summed E-state index contributed by atoms with van der Waals surface area (Å²) < 4.78 is 6.76. The van der Waals surface area contributed by atoms with E-state index >= 15 is 0 Å². The smallest absolute Gasteiger partial charge is 0.256 e. The van der Waals surface area contributed by atoms with Crippen molar-refractivity contribution in [2.45, 2.75) is 51.2 Å². The van der Waals surface area contributed by atoms with Crippen molar-refractivity contribution in [2.24, 2.45) is 11.8 Å². The van der Waals surface area contributed by atoms with E-state index in [2.05, 4.69) is 32.9 Å². The van der Waals surface area contributed by atoms with E-state index in [4.69, 9.17) is 4.74 Å². The van der Waals surface area contributed by atoms with Crippen molar-refractivity contribution in [2.75, 3.05) is 0 Å². The van der Waals surface area contributed by atoms with E-state index in [1.165, 1.54) is 17.1 Å². The van der Waals surface area contributed by atoms with Gasteiger partial charge in [-0.25, -0.2) is 4.90 Å². The molecule has 2 amide bonds. The topological polar surface area (TPSA) is 46.6 Å². The van der Waals surface area contributed by atoms with Crippen molar-refractivity contribution in [3.05, 3.63) is 78.4 Å². The fourth-order valence-electron chi connectivity index (χ4n) is 5.07. The van der Waals surface area contributed by atoms with Crippen molar-refractivity contribution < 1.29 is 14.3 Å². The molecule has 0 aromatic heterocycles. The van der Waals surface area contributed by atoms with Crippen LogP contribution in [0.15, 0.2) is 72.8 Å². The molecule has 1 saturated carbocycles. The predicted octanol–water partition coefficient (Wildman–Crippen LogP) is 5.10. The van der Waals surface area contributed by atoms with Gasteiger partial charge in [0, 0.05) is 18.6 Å². The molecular formula is C26H29NO3. The molecule has 0 bridgehead atoms. The Morgan fingerprint density at radius 3 is 2.07 bits per heavy atom. The van der Waals surface area contributed by atoms with Crippen LogP contribution >= 0.6 is 0 Å². The minimum absolute atomic E-state index is 0.303. The van der Waals surface area contributed by atoms with Crippen molar-refractivity contribution in [1.29, 1.82) is 0 Å². The summed E-state index contributed by atoms with van der Waals surface area (Å²) in [7, 11) is 0. The predicted molar refractivity (Wildman–Crippen MR) is 117 cm³/mol. The Bertz CT molecular complexity index is 935. The zero-order valence-electron chi connectivity index (χ0n) is 17.9. The molecule has 30 heavy (non-hydrogen) atoms. The standard InChI is InChI=1S/C26H29NO3/c1-19(2)20-16-17-25(3,21-10-6-4-7-11-21)26(18-20,27-23(28)14-15-24(27)29)30-22-12-8-5-9-13-22/h4-15,19-20H,16-18H2,1-3H3. The summed E-state index contributed by atoms with van der Waals surface area (Å²) in [6, 6.07) is 19.7. The summed E-state index contributed by atoms with van der Waals surface area (Å²) in [5.74, 6) is 0.818. The van der Waals surface area contributed by atoms with E-state index in [0.29, 0.717) is 24.0 Å². The van der Waals surface area contributed by atoms with Crippen LogP contribution in [0.3, 0.4) is 0 Å². The van der Waals surface area contributed by atoms with Gasteiger partial charge in [-0.3, -0.25) is 9.59 Å². The Balaban J connectivity index is 1.93. The van der Waals surface area contributed by atoms with E-state index in [9.17, 15) is 9.59 Å². The average molecular weight is 404 g/mol. The van der Waals surface area contributed by atoms with Crippen molar-refractivity contribution in [1.82, 2.24) is 4.90 Å². The third-order valence-corrected chi connectivity index (χ3v) is 6.97. The van der Waals surface area contributed by atoms with Gasteiger partial charge in [0.1, 0.15) is 5.75 Å². The molecule has 0 N–H and O–H groups in total. The highest BCUT2D eigenvalue weighted by Crippen LogP contribution is 2.54. The number of para-hydroxylation sites is 1. The third kappa shape index (κ3) is 3.24. The molecule has 156 valence electrons. The lowest BCUT2D eigenvalue weighted by molar-refractivity contribution is -0.187. The lowest BCUT2D eigenvalue weighted by atomic mass is 9.59. The summed E-state index contributed by atoms with van der Waals surface area (Å²) in [5.41, 5.74) is -0.580. The van der Waals surface area contributed by atoms with Gasteiger partial charge in [0.15, 0.2) is 0 Å². The normalized spacial score (nSPS) is 28.9. The number of imide groups is 1. The van der Waals surface area contributed by atoms with Crippen LogP contribution in [0, 0.1) is 11.8 Å². The summed E-state index contributed by atoms with van der Waals surface area (Å²) in [6.45, 7) is 6.55. The second kappa shape index (κ2) is 7.75. The number of hydrogen-bond donors (Lipinski definition) is 0. The molecule has 3 unspecified atom stereocenters. The van der Waals surface area contributed by atoms with Gasteiger partial charge in [0.05, 0.1) is 5.41 Å². The molecule has 3 atom stereocenters. The maximum Gasteiger partial charge on any atom is 0.256 e. The minimum atomic E-state index is -1.11. The SMILES string of the molecule is CC(C)C1CCC(C)(c2ccccc2)C(Oc2ccccc2)(N2C(=O)C=CC2=O)C1. The number of carbonyl (C=O) groups is 2. The van der Waals surface area contributed by atoms with Crippen molar-refractivity contribution in [3.63, 3.8) is 0 Å². The van der Waals surface area contributed by atoms with Crippen LogP contribution in [-0.4, -0.2) is 22.4 Å². The van der Waals surface area contributed by atoms with Crippen LogP contribution in [-0.2, 0) is 15.0 Å². The Hall–Kier alpha value is -2.88. The monoisotopic (exact) mass is 403 g/mol. The Kier molecular flexibility index (Phi) is 5.27. The number of amides is 2. The number of nitrogens with zero attached hydrogens (tertiary/aromatic N) is 1. The van der Waals surface area contributed by atoms with Gasteiger partial charge in [0.25, 0.3) is 11.8 Å². The van der Waals surface area contributed by atoms with E-state index < -0.39 is 11.1 Å². The highest BCUT2D eigenvalue weighted by molar-refractivity contribution is 6.13. The maximum atomic E-state index is 13.0. The van der Waals surface area contributed by atoms with Gasteiger partial charge < -0.3 is 4.74 Å². The first-order valence-corrected chi connectivity index (χ1v) is 10.7. The molecule has 4 heteroatoms. The number of hydrogen-bond acceptors (Lipinski definition) is 3. The first-order chi connectivity index (χ1) is 14.4. The first kappa shape index (κ1) is 20.4. The lowest BCUT2D eigenvalue weighted by Gasteiger charge is -2.57. The van der Waals surface area contributed by atoms with Gasteiger partial charge in [0.2, 0.25) is 5.72 Å². The summed E-state index contributed by atoms with van der Waals surface area (Å²) in [4.78, 5) is 27.4. The van der Waals surface area contributed by atoms with Crippen molar-refractivity contribution >= 4 is 11.8 Å². The number of benzene rings is 2. The van der Waals surface area contributed by atoms with Crippen LogP contribution in [0.2, 0.25) is 0 Å². The van der Waals surface area contributed by atoms with E-state index in [0.717, 1.165) is 18.4 Å².